The largest absolute Gasteiger partial charge is 0.307 e. The number of aromatic nitrogens is 5. The number of nitrogens with one attached hydrogen (secondary N) is 1. The average Bonchev–Trinajstić information content (AvgIpc) is 2.94. The number of nitrogens with zero attached hydrogens (tertiary/aromatic N) is 5. The maximum absolute atomic E-state index is 4.45. The molecule has 0 aromatic carbocycles. The van der Waals surface area contributed by atoms with Crippen LogP contribution >= 0.6 is 0 Å². The molecule has 3 rings (SSSR count). The van der Waals surface area contributed by atoms with Crippen molar-refractivity contribution in [3.8, 4) is 0 Å². The van der Waals surface area contributed by atoms with E-state index >= 15 is 0 Å². The average molecular weight is 246 g/mol. The Hall–Kier alpha value is -1.69. The first-order valence-electron chi connectivity index (χ1n) is 6.40. The van der Waals surface area contributed by atoms with Crippen molar-refractivity contribution >= 4 is 0 Å². The van der Waals surface area contributed by atoms with E-state index < -0.39 is 0 Å². The van der Waals surface area contributed by atoms with E-state index in [0.29, 0.717) is 6.04 Å². The molecule has 0 aliphatic heterocycles. The minimum Gasteiger partial charge on any atom is -0.307 e. The summed E-state index contributed by atoms with van der Waals surface area (Å²) in [7, 11) is 1.96. The lowest BCUT2D eigenvalue weighted by Crippen LogP contribution is -2.16. The molecule has 2 aromatic heterocycles. The van der Waals surface area contributed by atoms with Crippen molar-refractivity contribution in [2.24, 2.45) is 7.05 Å². The highest BCUT2D eigenvalue weighted by Gasteiger charge is 2.20. The topological polar surface area (TPSA) is 60.6 Å². The van der Waals surface area contributed by atoms with E-state index in [1.165, 1.54) is 18.5 Å². The van der Waals surface area contributed by atoms with Gasteiger partial charge in [0, 0.05) is 37.9 Å². The van der Waals surface area contributed by atoms with Crippen LogP contribution < -0.4 is 5.32 Å². The molecule has 96 valence electrons. The van der Waals surface area contributed by atoms with Crippen molar-refractivity contribution < 1.29 is 0 Å². The summed E-state index contributed by atoms with van der Waals surface area (Å²) in [5.41, 5.74) is 1.21. The van der Waals surface area contributed by atoms with Gasteiger partial charge in [-0.15, -0.1) is 0 Å². The zero-order valence-electron chi connectivity index (χ0n) is 10.6. The Balaban J connectivity index is 1.51. The molecule has 0 amide bonds. The van der Waals surface area contributed by atoms with Crippen LogP contribution in [0.25, 0.3) is 0 Å². The SMILES string of the molecule is Cn1nccc1CCn1cnc(CNC2CC2)n1. The standard InChI is InChI=1S/C12H18N6/c1-17-11(4-6-15-17)5-7-18-9-14-12(16-18)8-13-10-2-3-10/h4,6,9-10,13H,2-3,5,7-8H2,1H3. The quantitative estimate of drug-likeness (QED) is 0.806. The van der Waals surface area contributed by atoms with Gasteiger partial charge in [-0.05, 0) is 18.9 Å². The molecule has 18 heavy (non-hydrogen) atoms. The van der Waals surface area contributed by atoms with Gasteiger partial charge in [0.15, 0.2) is 5.82 Å². The number of hydrogen-bond donors (Lipinski definition) is 1. The summed E-state index contributed by atoms with van der Waals surface area (Å²) in [5, 5.41) is 12.0. The molecule has 2 aromatic rings. The summed E-state index contributed by atoms with van der Waals surface area (Å²) in [5.74, 6) is 0.881. The Morgan fingerprint density at radius 1 is 1.44 bits per heavy atom. The summed E-state index contributed by atoms with van der Waals surface area (Å²) >= 11 is 0. The van der Waals surface area contributed by atoms with Crippen LogP contribution in [0.3, 0.4) is 0 Å². The molecule has 1 aliphatic rings. The van der Waals surface area contributed by atoms with Crippen LogP contribution in [0.5, 0.6) is 0 Å². The van der Waals surface area contributed by atoms with Crippen molar-refractivity contribution in [2.45, 2.75) is 38.4 Å². The molecule has 6 nitrogen and oxygen atoms in total. The molecule has 0 unspecified atom stereocenters. The Kier molecular flexibility index (Phi) is 3.10. The van der Waals surface area contributed by atoms with Crippen LogP contribution in [0.1, 0.15) is 24.4 Å². The third-order valence-electron chi connectivity index (χ3n) is 3.23. The summed E-state index contributed by atoms with van der Waals surface area (Å²) in [6.07, 6.45) is 7.14. The van der Waals surface area contributed by atoms with E-state index in [9.17, 15) is 0 Å². The number of hydrogen-bond acceptors (Lipinski definition) is 4. The normalized spacial score (nSPS) is 15.2. The van der Waals surface area contributed by atoms with E-state index in [4.69, 9.17) is 0 Å². The van der Waals surface area contributed by atoms with Crippen molar-refractivity contribution in [3.63, 3.8) is 0 Å². The summed E-state index contributed by atoms with van der Waals surface area (Å²) in [6, 6.07) is 2.73. The molecule has 1 fully saturated rings. The van der Waals surface area contributed by atoms with Crippen LogP contribution in [0.15, 0.2) is 18.6 Å². The molecular weight excluding hydrogens is 228 g/mol. The van der Waals surface area contributed by atoms with Crippen LogP contribution in [0.4, 0.5) is 0 Å². The maximum Gasteiger partial charge on any atom is 0.164 e. The third kappa shape index (κ3) is 2.76. The first kappa shape index (κ1) is 11.4. The van der Waals surface area contributed by atoms with Crippen LogP contribution in [0.2, 0.25) is 0 Å². The molecule has 1 saturated carbocycles. The number of aryl methyl sites for hydroxylation is 3. The summed E-state index contributed by atoms with van der Waals surface area (Å²) in [6.45, 7) is 1.62. The van der Waals surface area contributed by atoms with Crippen LogP contribution in [0, 0.1) is 0 Å². The van der Waals surface area contributed by atoms with E-state index in [-0.39, 0.29) is 0 Å². The van der Waals surface area contributed by atoms with E-state index in [2.05, 4.69) is 20.5 Å². The molecule has 6 heteroatoms. The van der Waals surface area contributed by atoms with Gasteiger partial charge in [0.2, 0.25) is 0 Å². The lowest BCUT2D eigenvalue weighted by molar-refractivity contribution is 0.571. The first-order valence-corrected chi connectivity index (χ1v) is 6.40. The van der Waals surface area contributed by atoms with Gasteiger partial charge in [0.05, 0.1) is 6.54 Å². The van der Waals surface area contributed by atoms with Gasteiger partial charge in [0.25, 0.3) is 0 Å². The molecule has 0 bridgehead atoms. The fraction of sp³-hybridized carbons (Fsp3) is 0.583. The van der Waals surface area contributed by atoms with E-state index in [0.717, 1.165) is 25.3 Å². The summed E-state index contributed by atoms with van der Waals surface area (Å²) in [4.78, 5) is 4.31. The third-order valence-corrected chi connectivity index (χ3v) is 3.23. The molecular formula is C12H18N6. The Bertz CT molecular complexity index is 510. The lowest BCUT2D eigenvalue weighted by Gasteiger charge is -2.01. The molecule has 0 atom stereocenters. The second kappa shape index (κ2) is 4.89. The minimum atomic E-state index is 0.700. The zero-order valence-corrected chi connectivity index (χ0v) is 10.6. The second-order valence-corrected chi connectivity index (χ2v) is 4.78. The van der Waals surface area contributed by atoms with Crippen molar-refractivity contribution in [2.75, 3.05) is 0 Å². The van der Waals surface area contributed by atoms with Crippen LogP contribution in [-0.2, 0) is 26.6 Å². The first-order chi connectivity index (χ1) is 8.81. The minimum absolute atomic E-state index is 0.700. The van der Waals surface area contributed by atoms with Gasteiger partial charge < -0.3 is 5.32 Å². The highest BCUT2D eigenvalue weighted by molar-refractivity contribution is 4.99. The molecule has 0 spiro atoms. The highest BCUT2D eigenvalue weighted by Crippen LogP contribution is 2.18. The van der Waals surface area contributed by atoms with E-state index in [1.807, 2.05) is 28.7 Å². The Morgan fingerprint density at radius 2 is 2.33 bits per heavy atom. The maximum atomic E-state index is 4.45. The summed E-state index contributed by atoms with van der Waals surface area (Å²) < 4.78 is 3.80. The second-order valence-electron chi connectivity index (χ2n) is 4.78. The fourth-order valence-electron chi connectivity index (χ4n) is 1.92. The van der Waals surface area contributed by atoms with Gasteiger partial charge in [-0.25, -0.2) is 4.98 Å². The number of rotatable bonds is 6. The zero-order chi connectivity index (χ0) is 12.4. The predicted octanol–water partition coefficient (Wildman–Crippen LogP) is 0.506. The smallest absolute Gasteiger partial charge is 0.164 e. The lowest BCUT2D eigenvalue weighted by atomic mass is 10.3. The molecule has 1 N–H and O–H groups in total. The van der Waals surface area contributed by atoms with Crippen molar-refractivity contribution in [3.05, 3.63) is 30.1 Å². The van der Waals surface area contributed by atoms with Crippen LogP contribution in [-0.4, -0.2) is 30.6 Å². The van der Waals surface area contributed by atoms with Gasteiger partial charge in [-0.1, -0.05) is 0 Å². The molecule has 0 radical (unpaired) electrons. The molecule has 0 saturated heterocycles. The van der Waals surface area contributed by atoms with Gasteiger partial charge in [-0.2, -0.15) is 10.2 Å². The Labute approximate surface area is 106 Å². The van der Waals surface area contributed by atoms with Gasteiger partial charge in [-0.3, -0.25) is 9.36 Å². The van der Waals surface area contributed by atoms with Gasteiger partial charge >= 0.3 is 0 Å². The monoisotopic (exact) mass is 246 g/mol. The van der Waals surface area contributed by atoms with Gasteiger partial charge in [0.1, 0.15) is 6.33 Å². The highest BCUT2D eigenvalue weighted by atomic mass is 15.3. The Morgan fingerprint density at radius 3 is 3.06 bits per heavy atom. The van der Waals surface area contributed by atoms with E-state index in [1.54, 1.807) is 6.33 Å². The predicted molar refractivity (Wildman–Crippen MR) is 66.8 cm³/mol. The fourth-order valence-corrected chi connectivity index (χ4v) is 1.92. The molecule has 2 heterocycles. The van der Waals surface area contributed by atoms with Crippen molar-refractivity contribution in [1.29, 1.82) is 0 Å². The molecule has 1 aliphatic carbocycles. The van der Waals surface area contributed by atoms with Crippen molar-refractivity contribution in [1.82, 2.24) is 29.9 Å².